The zero-order valence-corrected chi connectivity index (χ0v) is 19.3. The number of benzene rings is 2. The van der Waals surface area contributed by atoms with Crippen molar-refractivity contribution in [1.29, 1.82) is 0 Å². The summed E-state index contributed by atoms with van der Waals surface area (Å²) in [5.74, 6) is 2.39. The molecule has 1 unspecified atom stereocenters. The van der Waals surface area contributed by atoms with Crippen LogP contribution >= 0.6 is 11.8 Å². The maximum absolute atomic E-state index is 12.6. The molecule has 0 spiro atoms. The third-order valence-corrected chi connectivity index (χ3v) is 6.74. The smallest absolute Gasteiger partial charge is 0.241 e. The number of hydrogen-bond donors (Lipinski definition) is 1. The first-order chi connectivity index (χ1) is 15.7. The number of amides is 1. The highest BCUT2D eigenvalue weighted by Gasteiger charge is 2.26. The number of rotatable bonds is 9. The van der Waals surface area contributed by atoms with Gasteiger partial charge in [-0.2, -0.15) is 4.98 Å². The van der Waals surface area contributed by atoms with Gasteiger partial charge in [-0.05, 0) is 50.6 Å². The average molecular weight is 451 g/mol. The molecule has 7 heteroatoms. The second kappa shape index (κ2) is 11.3. The molecule has 2 aromatic carbocycles. The molecule has 1 amide bonds. The van der Waals surface area contributed by atoms with E-state index in [1.165, 1.54) is 10.5 Å². The molecule has 6 nitrogen and oxygen atoms in total. The molecule has 3 aromatic rings. The largest absolute Gasteiger partial charge is 0.356 e. The normalized spacial score (nSPS) is 16.7. The van der Waals surface area contributed by atoms with Gasteiger partial charge in [0.1, 0.15) is 0 Å². The lowest BCUT2D eigenvalue weighted by Gasteiger charge is -2.30. The SMILES string of the molecule is Cc1ccc(-c2noc(CN3CCCC(C(=O)NCCCSc4ccccc4)C3)n2)cc1. The molecule has 1 aromatic heterocycles. The molecule has 0 saturated carbocycles. The maximum atomic E-state index is 12.6. The summed E-state index contributed by atoms with van der Waals surface area (Å²) in [5, 5.41) is 7.24. The number of nitrogens with zero attached hydrogens (tertiary/aromatic N) is 3. The van der Waals surface area contributed by atoms with Gasteiger partial charge in [0, 0.05) is 23.5 Å². The number of nitrogens with one attached hydrogen (secondary N) is 1. The van der Waals surface area contributed by atoms with Crippen LogP contribution in [0, 0.1) is 12.8 Å². The summed E-state index contributed by atoms with van der Waals surface area (Å²) in [4.78, 5) is 20.7. The fraction of sp³-hybridized carbons (Fsp3) is 0.400. The molecule has 0 aliphatic carbocycles. The third kappa shape index (κ3) is 6.43. The molecule has 0 bridgehead atoms. The molecular weight excluding hydrogens is 420 g/mol. The Morgan fingerprint density at radius 3 is 2.81 bits per heavy atom. The highest BCUT2D eigenvalue weighted by atomic mass is 32.2. The number of hydrogen-bond acceptors (Lipinski definition) is 6. The fourth-order valence-corrected chi connectivity index (χ4v) is 4.75. The Bertz CT molecular complexity index is 991. The Morgan fingerprint density at radius 1 is 1.19 bits per heavy atom. The molecule has 1 aliphatic rings. The van der Waals surface area contributed by atoms with Crippen LogP contribution in [0.15, 0.2) is 64.0 Å². The van der Waals surface area contributed by atoms with Crippen molar-refractivity contribution in [3.63, 3.8) is 0 Å². The fourth-order valence-electron chi connectivity index (χ4n) is 3.88. The van der Waals surface area contributed by atoms with E-state index < -0.39 is 0 Å². The Balaban J connectivity index is 1.20. The lowest BCUT2D eigenvalue weighted by atomic mass is 9.97. The van der Waals surface area contributed by atoms with Crippen molar-refractivity contribution in [2.75, 3.05) is 25.4 Å². The minimum Gasteiger partial charge on any atom is -0.356 e. The average Bonchev–Trinajstić information content (AvgIpc) is 3.28. The van der Waals surface area contributed by atoms with E-state index >= 15 is 0 Å². The van der Waals surface area contributed by atoms with Crippen molar-refractivity contribution in [3.05, 3.63) is 66.1 Å². The highest BCUT2D eigenvalue weighted by Crippen LogP contribution is 2.21. The Morgan fingerprint density at radius 2 is 2.00 bits per heavy atom. The summed E-state index contributed by atoms with van der Waals surface area (Å²) in [6.07, 6.45) is 2.89. The van der Waals surface area contributed by atoms with E-state index in [-0.39, 0.29) is 11.8 Å². The van der Waals surface area contributed by atoms with Crippen LogP contribution in [-0.4, -0.2) is 46.3 Å². The predicted octanol–water partition coefficient (Wildman–Crippen LogP) is 4.56. The van der Waals surface area contributed by atoms with Gasteiger partial charge in [0.05, 0.1) is 12.5 Å². The van der Waals surface area contributed by atoms with Crippen LogP contribution in [0.3, 0.4) is 0 Å². The number of aryl methyl sites for hydroxylation is 1. The number of piperidine rings is 1. The summed E-state index contributed by atoms with van der Waals surface area (Å²) in [6, 6.07) is 18.5. The Kier molecular flexibility index (Phi) is 7.96. The van der Waals surface area contributed by atoms with Crippen LogP contribution in [0.5, 0.6) is 0 Å². The number of aromatic nitrogens is 2. The zero-order valence-electron chi connectivity index (χ0n) is 18.5. The molecule has 0 radical (unpaired) electrons. The summed E-state index contributed by atoms with van der Waals surface area (Å²) < 4.78 is 5.47. The van der Waals surface area contributed by atoms with Gasteiger partial charge in [0.25, 0.3) is 0 Å². The van der Waals surface area contributed by atoms with Crippen LogP contribution in [0.4, 0.5) is 0 Å². The van der Waals surface area contributed by atoms with E-state index in [4.69, 9.17) is 4.52 Å². The van der Waals surface area contributed by atoms with E-state index in [1.54, 1.807) is 0 Å². The van der Waals surface area contributed by atoms with Crippen LogP contribution in [0.25, 0.3) is 11.4 Å². The summed E-state index contributed by atoms with van der Waals surface area (Å²) in [7, 11) is 0. The first-order valence-electron chi connectivity index (χ1n) is 11.2. The van der Waals surface area contributed by atoms with Gasteiger partial charge in [-0.1, -0.05) is 53.2 Å². The van der Waals surface area contributed by atoms with Crippen molar-refractivity contribution >= 4 is 17.7 Å². The quantitative estimate of drug-likeness (QED) is 0.381. The Hall–Kier alpha value is -2.64. The first kappa shape index (κ1) is 22.6. The van der Waals surface area contributed by atoms with Gasteiger partial charge in [0.15, 0.2) is 0 Å². The van der Waals surface area contributed by atoms with Gasteiger partial charge in [-0.3, -0.25) is 9.69 Å². The predicted molar refractivity (Wildman–Crippen MR) is 127 cm³/mol. The third-order valence-electron chi connectivity index (χ3n) is 5.65. The van der Waals surface area contributed by atoms with Gasteiger partial charge in [-0.25, -0.2) is 0 Å². The van der Waals surface area contributed by atoms with E-state index in [9.17, 15) is 4.79 Å². The number of likely N-dealkylation sites (tertiary alicyclic amines) is 1. The Labute approximate surface area is 193 Å². The van der Waals surface area contributed by atoms with Crippen molar-refractivity contribution in [1.82, 2.24) is 20.4 Å². The van der Waals surface area contributed by atoms with Crippen molar-refractivity contribution < 1.29 is 9.32 Å². The lowest BCUT2D eigenvalue weighted by molar-refractivity contribution is -0.126. The number of thioether (sulfide) groups is 1. The summed E-state index contributed by atoms with van der Waals surface area (Å²) in [5.41, 5.74) is 2.15. The number of carbonyl (C=O) groups excluding carboxylic acids is 1. The molecule has 1 fully saturated rings. The van der Waals surface area contributed by atoms with E-state index in [0.717, 1.165) is 50.2 Å². The molecule has 4 rings (SSSR count). The van der Waals surface area contributed by atoms with Crippen molar-refractivity contribution in [2.24, 2.45) is 5.92 Å². The van der Waals surface area contributed by atoms with Crippen LogP contribution in [0.1, 0.15) is 30.7 Å². The van der Waals surface area contributed by atoms with Gasteiger partial charge in [0.2, 0.25) is 17.6 Å². The lowest BCUT2D eigenvalue weighted by Crippen LogP contribution is -2.43. The van der Waals surface area contributed by atoms with Gasteiger partial charge in [-0.15, -0.1) is 11.8 Å². The maximum Gasteiger partial charge on any atom is 0.241 e. The molecule has 168 valence electrons. The standard InChI is InChI=1S/C25H30N4O2S/c1-19-10-12-20(13-11-19)24-27-23(31-28-24)18-29-15-5-7-21(17-29)25(30)26-14-6-16-32-22-8-3-2-4-9-22/h2-4,8-13,21H,5-7,14-18H2,1H3,(H,26,30). The second-order valence-electron chi connectivity index (χ2n) is 8.26. The van der Waals surface area contributed by atoms with Crippen LogP contribution < -0.4 is 5.32 Å². The summed E-state index contributed by atoms with van der Waals surface area (Å²) in [6.45, 7) is 5.03. The topological polar surface area (TPSA) is 71.3 Å². The van der Waals surface area contributed by atoms with E-state index in [0.29, 0.717) is 18.3 Å². The highest BCUT2D eigenvalue weighted by molar-refractivity contribution is 7.99. The molecule has 1 saturated heterocycles. The monoisotopic (exact) mass is 450 g/mol. The molecule has 32 heavy (non-hydrogen) atoms. The first-order valence-corrected chi connectivity index (χ1v) is 12.2. The minimum atomic E-state index is 0.0185. The van der Waals surface area contributed by atoms with Gasteiger partial charge < -0.3 is 9.84 Å². The molecule has 2 heterocycles. The molecular formula is C25H30N4O2S. The van der Waals surface area contributed by atoms with E-state index in [1.807, 2.05) is 42.1 Å². The summed E-state index contributed by atoms with van der Waals surface area (Å²) >= 11 is 1.83. The van der Waals surface area contributed by atoms with Gasteiger partial charge >= 0.3 is 0 Å². The van der Waals surface area contributed by atoms with Crippen LogP contribution in [0.2, 0.25) is 0 Å². The minimum absolute atomic E-state index is 0.0185. The molecule has 1 aliphatic heterocycles. The number of carbonyl (C=O) groups is 1. The molecule has 1 N–H and O–H groups in total. The van der Waals surface area contributed by atoms with Crippen LogP contribution in [-0.2, 0) is 11.3 Å². The van der Waals surface area contributed by atoms with Crippen molar-refractivity contribution in [2.45, 2.75) is 37.6 Å². The second-order valence-corrected chi connectivity index (χ2v) is 9.43. The zero-order chi connectivity index (χ0) is 22.2. The van der Waals surface area contributed by atoms with Crippen molar-refractivity contribution in [3.8, 4) is 11.4 Å². The van der Waals surface area contributed by atoms with E-state index in [2.05, 4.69) is 51.5 Å². The molecule has 1 atom stereocenters.